The van der Waals surface area contributed by atoms with Gasteiger partial charge in [0.1, 0.15) is 10.8 Å². The van der Waals surface area contributed by atoms with Gasteiger partial charge in [0.2, 0.25) is 0 Å². The first-order valence-electron chi connectivity index (χ1n) is 15.0. The topological polar surface area (TPSA) is 0 Å². The first-order valence-corrected chi connectivity index (χ1v) is 15.0. The summed E-state index contributed by atoms with van der Waals surface area (Å²) >= 11 is 0. The van der Waals surface area contributed by atoms with Gasteiger partial charge in [-0.25, -0.2) is 0 Å². The standard InChI is InChI=1S/C38H26F6/c1-35(37(39,40)41)29-15-25-21-11-3-7-19-9-5-13-23(33(19)21)27(25)17-31(29)36(2,38(42,43)44)32-18-28-24-14-6-10-20-8-4-12-22(34(20)24)26(28)16-30(32)35/h3,6-7,10-18H,4-5,8-9H2,1-2H3. The Labute approximate surface area is 250 Å². The minimum atomic E-state index is -4.86. The van der Waals surface area contributed by atoms with Gasteiger partial charge >= 0.3 is 12.4 Å². The van der Waals surface area contributed by atoms with E-state index in [4.69, 9.17) is 0 Å². The molecule has 0 aliphatic heterocycles. The van der Waals surface area contributed by atoms with Gasteiger partial charge < -0.3 is 0 Å². The molecule has 9 rings (SSSR count). The molecule has 6 heteroatoms. The SMILES string of the molecule is CC1(C(F)(F)F)c2cc3c(cc2C(C)(C(F)(F)F)c2cc4c(cc21)-c1cccc2c1C4=CCC2)-c1cccc2c1C3=CCC2. The summed E-state index contributed by atoms with van der Waals surface area (Å²) in [5.74, 6) is 0. The molecule has 0 bridgehead atoms. The molecule has 44 heavy (non-hydrogen) atoms. The molecule has 0 aromatic heterocycles. The molecule has 0 nitrogen and oxygen atoms in total. The number of benzene rings is 4. The second kappa shape index (κ2) is 7.96. The minimum absolute atomic E-state index is 0.316. The quantitative estimate of drug-likeness (QED) is 0.153. The van der Waals surface area contributed by atoms with Crippen molar-refractivity contribution in [3.8, 4) is 22.3 Å². The molecule has 220 valence electrons. The van der Waals surface area contributed by atoms with E-state index in [2.05, 4.69) is 0 Å². The van der Waals surface area contributed by atoms with E-state index < -0.39 is 23.2 Å². The van der Waals surface area contributed by atoms with Crippen molar-refractivity contribution < 1.29 is 26.3 Å². The lowest BCUT2D eigenvalue weighted by Crippen LogP contribution is -2.53. The van der Waals surface area contributed by atoms with Crippen LogP contribution < -0.4 is 0 Å². The molecule has 4 aromatic rings. The van der Waals surface area contributed by atoms with Crippen LogP contribution in [0, 0.1) is 0 Å². The van der Waals surface area contributed by atoms with Crippen molar-refractivity contribution in [2.24, 2.45) is 0 Å². The number of fused-ring (bicyclic) bond motifs is 8. The first-order chi connectivity index (χ1) is 20.9. The second-order valence-electron chi connectivity index (χ2n) is 13.1. The van der Waals surface area contributed by atoms with Crippen LogP contribution in [0.15, 0.2) is 72.8 Å². The Bertz CT molecular complexity index is 1920. The average Bonchev–Trinajstić information content (AvgIpc) is 3.48. The summed E-state index contributed by atoms with van der Waals surface area (Å²) in [5, 5.41) is 0. The number of rotatable bonds is 0. The summed E-state index contributed by atoms with van der Waals surface area (Å²) in [6, 6.07) is 17.2. The summed E-state index contributed by atoms with van der Waals surface area (Å²) in [5.41, 5.74) is 2.98. The zero-order valence-corrected chi connectivity index (χ0v) is 24.0. The highest BCUT2D eigenvalue weighted by atomic mass is 19.4. The Morgan fingerprint density at radius 2 is 0.864 bits per heavy atom. The molecule has 0 N–H and O–H groups in total. The maximum absolute atomic E-state index is 15.7. The van der Waals surface area contributed by atoms with Crippen molar-refractivity contribution in [1.82, 2.24) is 0 Å². The van der Waals surface area contributed by atoms with Crippen LogP contribution in [-0.4, -0.2) is 12.4 Å². The Morgan fingerprint density at radius 1 is 0.500 bits per heavy atom. The smallest absolute Gasteiger partial charge is 0.170 e. The molecule has 2 unspecified atom stereocenters. The maximum Gasteiger partial charge on any atom is 0.402 e. The van der Waals surface area contributed by atoms with Crippen LogP contribution in [-0.2, 0) is 23.7 Å². The molecular weight excluding hydrogens is 570 g/mol. The van der Waals surface area contributed by atoms with Crippen LogP contribution in [0.3, 0.4) is 0 Å². The fraction of sp³-hybridized carbons (Fsp3) is 0.263. The highest BCUT2D eigenvalue weighted by Crippen LogP contribution is 2.64. The lowest BCUT2D eigenvalue weighted by molar-refractivity contribution is -0.188. The number of hydrogen-bond acceptors (Lipinski definition) is 0. The molecule has 5 aliphatic carbocycles. The second-order valence-corrected chi connectivity index (χ2v) is 13.1. The van der Waals surface area contributed by atoms with Crippen molar-refractivity contribution in [3.63, 3.8) is 0 Å². The van der Waals surface area contributed by atoms with E-state index in [1.54, 1.807) is 0 Å². The van der Waals surface area contributed by atoms with Gasteiger partial charge in [-0.05, 0) is 153 Å². The number of aryl methyl sites for hydroxylation is 2. The van der Waals surface area contributed by atoms with Crippen LogP contribution in [0.4, 0.5) is 26.3 Å². The highest BCUT2D eigenvalue weighted by molar-refractivity contribution is 6.05. The molecule has 0 radical (unpaired) electrons. The van der Waals surface area contributed by atoms with Crippen LogP contribution in [0.25, 0.3) is 33.4 Å². The van der Waals surface area contributed by atoms with Crippen molar-refractivity contribution in [3.05, 3.63) is 128 Å². The molecule has 0 heterocycles. The Balaban J connectivity index is 1.42. The Kier molecular flexibility index (Phi) is 4.76. The summed E-state index contributed by atoms with van der Waals surface area (Å²) in [4.78, 5) is 0. The van der Waals surface area contributed by atoms with Crippen LogP contribution in [0.2, 0.25) is 0 Å². The van der Waals surface area contributed by atoms with E-state index in [0.717, 1.165) is 84.1 Å². The molecule has 0 saturated carbocycles. The minimum Gasteiger partial charge on any atom is -0.170 e. The third-order valence-corrected chi connectivity index (χ3v) is 11.1. The van der Waals surface area contributed by atoms with E-state index >= 15 is 26.3 Å². The van der Waals surface area contributed by atoms with Gasteiger partial charge in [-0.3, -0.25) is 0 Å². The third-order valence-electron chi connectivity index (χ3n) is 11.1. The summed E-state index contributed by atoms with van der Waals surface area (Å²) in [7, 11) is 0. The van der Waals surface area contributed by atoms with Gasteiger partial charge in [0.05, 0.1) is 0 Å². The van der Waals surface area contributed by atoms with Crippen LogP contribution >= 0.6 is 0 Å². The van der Waals surface area contributed by atoms with E-state index in [1.807, 2.05) is 48.6 Å². The largest absolute Gasteiger partial charge is 0.402 e. The van der Waals surface area contributed by atoms with E-state index in [0.29, 0.717) is 22.3 Å². The molecule has 2 atom stereocenters. The van der Waals surface area contributed by atoms with Gasteiger partial charge in [0, 0.05) is 0 Å². The molecule has 5 aliphatic rings. The van der Waals surface area contributed by atoms with Crippen molar-refractivity contribution in [2.75, 3.05) is 0 Å². The predicted molar refractivity (Wildman–Crippen MR) is 160 cm³/mol. The predicted octanol–water partition coefficient (Wildman–Crippen LogP) is 10.5. The molecule has 0 amide bonds. The zero-order valence-electron chi connectivity index (χ0n) is 24.0. The van der Waals surface area contributed by atoms with E-state index in [1.165, 1.54) is 24.3 Å². The molecule has 0 spiro atoms. The molecular formula is C38H26F6. The van der Waals surface area contributed by atoms with Crippen molar-refractivity contribution in [2.45, 2.75) is 62.7 Å². The molecule has 0 saturated heterocycles. The van der Waals surface area contributed by atoms with Gasteiger partial charge in [-0.1, -0.05) is 48.6 Å². The molecule has 4 aromatic carbocycles. The van der Waals surface area contributed by atoms with Gasteiger partial charge in [0.15, 0.2) is 0 Å². The normalized spacial score (nSPS) is 23.5. The lowest BCUT2D eigenvalue weighted by atomic mass is 9.57. The van der Waals surface area contributed by atoms with Gasteiger partial charge in [-0.2, -0.15) is 26.3 Å². The Hall–Kier alpha value is -4.06. The summed E-state index contributed by atoms with van der Waals surface area (Å²) in [6.45, 7) is 2.15. The maximum atomic E-state index is 15.7. The fourth-order valence-electron chi connectivity index (χ4n) is 8.79. The van der Waals surface area contributed by atoms with Gasteiger partial charge in [0.25, 0.3) is 0 Å². The highest BCUT2D eigenvalue weighted by Gasteiger charge is 2.66. The molecule has 0 fully saturated rings. The first kappa shape index (κ1) is 26.4. The zero-order chi connectivity index (χ0) is 30.6. The van der Waals surface area contributed by atoms with Crippen LogP contribution in [0.5, 0.6) is 0 Å². The summed E-state index contributed by atoms with van der Waals surface area (Å²) in [6.07, 6.45) is -2.65. The number of alkyl halides is 6. The van der Waals surface area contributed by atoms with Crippen molar-refractivity contribution in [1.29, 1.82) is 0 Å². The Morgan fingerprint density at radius 3 is 1.23 bits per heavy atom. The lowest BCUT2D eigenvalue weighted by Gasteiger charge is -2.48. The summed E-state index contributed by atoms with van der Waals surface area (Å²) < 4.78 is 93.9. The number of allylic oxidation sites excluding steroid dienone is 2. The van der Waals surface area contributed by atoms with Gasteiger partial charge in [-0.15, -0.1) is 0 Å². The van der Waals surface area contributed by atoms with E-state index in [-0.39, 0.29) is 22.3 Å². The van der Waals surface area contributed by atoms with Crippen LogP contribution in [0.1, 0.15) is 82.3 Å². The number of halogens is 6. The number of hydrogen-bond donors (Lipinski definition) is 0. The monoisotopic (exact) mass is 596 g/mol. The van der Waals surface area contributed by atoms with E-state index in [9.17, 15) is 0 Å². The third kappa shape index (κ3) is 2.89. The fourth-order valence-corrected chi connectivity index (χ4v) is 8.79. The van der Waals surface area contributed by atoms with Crippen molar-refractivity contribution >= 4 is 11.1 Å². The average molecular weight is 597 g/mol.